The molecule has 0 radical (unpaired) electrons. The molecule has 3 rings (SSSR count). The lowest BCUT2D eigenvalue weighted by molar-refractivity contribution is 0.844. The van der Waals surface area contributed by atoms with Crippen molar-refractivity contribution in [1.29, 1.82) is 0 Å². The number of thiophene rings is 1. The zero-order valence-electron chi connectivity index (χ0n) is 9.78. The summed E-state index contributed by atoms with van der Waals surface area (Å²) in [6, 6.07) is 14.2. The first-order chi connectivity index (χ1) is 8.92. The number of rotatable bonds is 4. The van der Waals surface area contributed by atoms with Crippen molar-refractivity contribution in [2.75, 3.05) is 5.32 Å². The van der Waals surface area contributed by atoms with Crippen LogP contribution in [-0.2, 0) is 6.54 Å². The monoisotopic (exact) mass is 255 g/mol. The number of hydrogen-bond donors (Lipinski definition) is 1. The molecule has 0 fully saturated rings. The molecule has 2 aromatic heterocycles. The van der Waals surface area contributed by atoms with Crippen LogP contribution >= 0.6 is 11.3 Å². The van der Waals surface area contributed by atoms with Gasteiger partial charge in [0.1, 0.15) is 0 Å². The van der Waals surface area contributed by atoms with Crippen LogP contribution in [0.1, 0.15) is 5.69 Å². The van der Waals surface area contributed by atoms with Gasteiger partial charge in [-0.15, -0.1) is 0 Å². The summed E-state index contributed by atoms with van der Waals surface area (Å²) in [6.07, 6.45) is 1.99. The third kappa shape index (κ3) is 2.43. The second-order valence-electron chi connectivity index (χ2n) is 3.95. The van der Waals surface area contributed by atoms with Gasteiger partial charge in [0.25, 0.3) is 0 Å². The Bertz CT molecular complexity index is 599. The van der Waals surface area contributed by atoms with Gasteiger partial charge in [0.05, 0.1) is 17.9 Å². The first-order valence-corrected chi connectivity index (χ1v) is 6.72. The highest BCUT2D eigenvalue weighted by Gasteiger charge is 2.00. The minimum Gasteiger partial charge on any atom is -0.379 e. The second kappa shape index (κ2) is 5.06. The number of nitrogens with zero attached hydrogens (tertiary/aromatic N) is 2. The molecule has 0 saturated carbocycles. The summed E-state index contributed by atoms with van der Waals surface area (Å²) in [6.45, 7) is 0.747. The van der Waals surface area contributed by atoms with Gasteiger partial charge >= 0.3 is 0 Å². The van der Waals surface area contributed by atoms with Crippen molar-refractivity contribution in [3.63, 3.8) is 0 Å². The maximum atomic E-state index is 4.54. The Morgan fingerprint density at radius 3 is 2.78 bits per heavy atom. The van der Waals surface area contributed by atoms with E-state index < -0.39 is 0 Å². The number of aromatic nitrogens is 2. The molecular formula is C14H13N3S. The van der Waals surface area contributed by atoms with E-state index in [-0.39, 0.29) is 0 Å². The average Bonchev–Trinajstić information content (AvgIpc) is 3.09. The summed E-state index contributed by atoms with van der Waals surface area (Å²) < 4.78 is 1.89. The SMILES string of the molecule is c1ccc(-n2ccc(CNc3ccsc3)n2)cc1. The van der Waals surface area contributed by atoms with Gasteiger partial charge in [0, 0.05) is 17.3 Å². The lowest BCUT2D eigenvalue weighted by atomic mass is 10.3. The van der Waals surface area contributed by atoms with Gasteiger partial charge in [-0.25, -0.2) is 4.68 Å². The van der Waals surface area contributed by atoms with Gasteiger partial charge in [-0.05, 0) is 29.6 Å². The van der Waals surface area contributed by atoms with E-state index in [0.717, 1.165) is 23.6 Å². The van der Waals surface area contributed by atoms with Crippen LogP contribution in [0.5, 0.6) is 0 Å². The maximum absolute atomic E-state index is 4.54. The van der Waals surface area contributed by atoms with Gasteiger partial charge in [0.15, 0.2) is 0 Å². The van der Waals surface area contributed by atoms with Gasteiger partial charge in [-0.1, -0.05) is 18.2 Å². The molecule has 0 aliphatic rings. The van der Waals surface area contributed by atoms with E-state index in [1.54, 1.807) is 11.3 Å². The lowest BCUT2D eigenvalue weighted by Gasteiger charge is -2.01. The Morgan fingerprint density at radius 2 is 2.00 bits per heavy atom. The van der Waals surface area contributed by atoms with Crippen molar-refractivity contribution < 1.29 is 0 Å². The summed E-state index contributed by atoms with van der Waals surface area (Å²) in [7, 11) is 0. The predicted octanol–water partition coefficient (Wildman–Crippen LogP) is 3.55. The molecule has 4 heteroatoms. The topological polar surface area (TPSA) is 29.9 Å². The van der Waals surface area contributed by atoms with Crippen LogP contribution < -0.4 is 5.32 Å². The smallest absolute Gasteiger partial charge is 0.0819 e. The molecule has 0 unspecified atom stereocenters. The third-order valence-electron chi connectivity index (χ3n) is 2.66. The van der Waals surface area contributed by atoms with Crippen molar-refractivity contribution in [1.82, 2.24) is 9.78 Å². The summed E-state index contributed by atoms with van der Waals surface area (Å²) >= 11 is 1.69. The fourth-order valence-electron chi connectivity index (χ4n) is 1.74. The zero-order chi connectivity index (χ0) is 12.2. The van der Waals surface area contributed by atoms with Crippen molar-refractivity contribution in [3.8, 4) is 5.69 Å². The summed E-state index contributed by atoms with van der Waals surface area (Å²) in [4.78, 5) is 0. The Kier molecular flexibility index (Phi) is 3.10. The quantitative estimate of drug-likeness (QED) is 0.772. The number of anilines is 1. The molecule has 2 heterocycles. The predicted molar refractivity (Wildman–Crippen MR) is 75.2 cm³/mol. The number of hydrogen-bond acceptors (Lipinski definition) is 3. The molecule has 1 aromatic carbocycles. The van der Waals surface area contributed by atoms with Crippen molar-refractivity contribution in [2.45, 2.75) is 6.54 Å². The molecule has 0 bridgehead atoms. The van der Waals surface area contributed by atoms with Gasteiger partial charge < -0.3 is 5.32 Å². The van der Waals surface area contributed by atoms with Crippen LogP contribution in [0.15, 0.2) is 59.4 Å². The second-order valence-corrected chi connectivity index (χ2v) is 4.73. The summed E-state index contributed by atoms with van der Waals surface area (Å²) in [5.41, 5.74) is 3.26. The van der Waals surface area contributed by atoms with Crippen LogP contribution in [0.2, 0.25) is 0 Å². The van der Waals surface area contributed by atoms with E-state index in [0.29, 0.717) is 0 Å². The van der Waals surface area contributed by atoms with Crippen LogP contribution in [0.4, 0.5) is 5.69 Å². The van der Waals surface area contributed by atoms with Crippen LogP contribution in [0.25, 0.3) is 5.69 Å². The van der Waals surface area contributed by atoms with E-state index in [1.165, 1.54) is 0 Å². The molecule has 18 heavy (non-hydrogen) atoms. The molecule has 0 amide bonds. The Labute approximate surface area is 110 Å². The minimum atomic E-state index is 0.747. The molecule has 3 nitrogen and oxygen atoms in total. The van der Waals surface area contributed by atoms with Crippen molar-refractivity contribution in [2.24, 2.45) is 0 Å². The largest absolute Gasteiger partial charge is 0.379 e. The van der Waals surface area contributed by atoms with Crippen LogP contribution in [0, 0.1) is 0 Å². The molecule has 0 aliphatic carbocycles. The zero-order valence-corrected chi connectivity index (χ0v) is 10.6. The molecule has 0 aliphatic heterocycles. The highest BCUT2D eigenvalue weighted by atomic mass is 32.1. The molecule has 0 saturated heterocycles. The maximum Gasteiger partial charge on any atom is 0.0819 e. The minimum absolute atomic E-state index is 0.747. The highest BCUT2D eigenvalue weighted by Crippen LogP contribution is 2.13. The van der Waals surface area contributed by atoms with Gasteiger partial charge in [-0.2, -0.15) is 16.4 Å². The van der Waals surface area contributed by atoms with E-state index >= 15 is 0 Å². The number of para-hydroxylation sites is 1. The van der Waals surface area contributed by atoms with Crippen molar-refractivity contribution >= 4 is 17.0 Å². The number of benzene rings is 1. The van der Waals surface area contributed by atoms with Gasteiger partial charge in [-0.3, -0.25) is 0 Å². The van der Waals surface area contributed by atoms with Gasteiger partial charge in [0.2, 0.25) is 0 Å². The molecular weight excluding hydrogens is 242 g/mol. The third-order valence-corrected chi connectivity index (χ3v) is 3.34. The van der Waals surface area contributed by atoms with Crippen LogP contribution in [0.3, 0.4) is 0 Å². The summed E-state index contributed by atoms with van der Waals surface area (Å²) in [5, 5.41) is 12.0. The molecule has 90 valence electrons. The number of nitrogens with one attached hydrogen (secondary N) is 1. The molecule has 1 N–H and O–H groups in total. The summed E-state index contributed by atoms with van der Waals surface area (Å²) in [5.74, 6) is 0. The molecule has 3 aromatic rings. The highest BCUT2D eigenvalue weighted by molar-refractivity contribution is 7.08. The first kappa shape index (κ1) is 11.0. The first-order valence-electron chi connectivity index (χ1n) is 5.78. The van der Waals surface area contributed by atoms with E-state index in [1.807, 2.05) is 47.3 Å². The Morgan fingerprint density at radius 1 is 1.11 bits per heavy atom. The fourth-order valence-corrected chi connectivity index (χ4v) is 2.35. The average molecular weight is 255 g/mol. The Balaban J connectivity index is 1.70. The Hall–Kier alpha value is -2.07. The fraction of sp³-hybridized carbons (Fsp3) is 0.0714. The van der Waals surface area contributed by atoms with Crippen molar-refractivity contribution in [3.05, 3.63) is 65.1 Å². The van der Waals surface area contributed by atoms with E-state index in [2.05, 4.69) is 27.2 Å². The molecule has 0 spiro atoms. The normalized spacial score (nSPS) is 10.4. The lowest BCUT2D eigenvalue weighted by Crippen LogP contribution is -2.01. The van der Waals surface area contributed by atoms with Crippen LogP contribution in [-0.4, -0.2) is 9.78 Å². The van der Waals surface area contributed by atoms with E-state index in [9.17, 15) is 0 Å². The standard InChI is InChI=1S/C14H13N3S/c1-2-4-14(5-3-1)17-8-6-12(16-17)10-15-13-7-9-18-11-13/h1-9,11,15H,10H2. The van der Waals surface area contributed by atoms with E-state index in [4.69, 9.17) is 0 Å². The molecule has 0 atom stereocenters.